The minimum absolute atomic E-state index is 0.140. The van der Waals surface area contributed by atoms with Crippen molar-refractivity contribution in [3.05, 3.63) is 12.2 Å². The first-order chi connectivity index (χ1) is 11.2. The highest BCUT2D eigenvalue weighted by atomic mass is 17.1. The Morgan fingerprint density at radius 2 is 1.65 bits per heavy atom. The van der Waals surface area contributed by atoms with Gasteiger partial charge in [0.25, 0.3) is 0 Å². The monoisotopic (exact) mass is 328 g/mol. The van der Waals surface area contributed by atoms with Gasteiger partial charge in [0.1, 0.15) is 6.10 Å². The number of methoxy groups -OCH3 is 1. The van der Waals surface area contributed by atoms with Crippen LogP contribution in [0.5, 0.6) is 0 Å². The van der Waals surface area contributed by atoms with Gasteiger partial charge in [-0.2, -0.15) is 0 Å². The number of ether oxygens (including phenoxy) is 1. The maximum absolute atomic E-state index is 11.0. The Morgan fingerprint density at radius 3 is 2.35 bits per heavy atom. The lowest BCUT2D eigenvalue weighted by Gasteiger charge is -2.08. The fraction of sp³-hybridized carbons (Fsp3) is 0.842. The zero-order valence-electron chi connectivity index (χ0n) is 15.1. The van der Waals surface area contributed by atoms with E-state index in [4.69, 9.17) is 5.26 Å². The van der Waals surface area contributed by atoms with Gasteiger partial charge in [0.05, 0.1) is 7.11 Å². The highest BCUT2D eigenvalue weighted by Gasteiger charge is 2.04. The van der Waals surface area contributed by atoms with Crippen LogP contribution >= 0.6 is 0 Å². The zero-order valence-corrected chi connectivity index (χ0v) is 15.1. The predicted octanol–water partition coefficient (Wildman–Crippen LogP) is 5.67. The van der Waals surface area contributed by atoms with Gasteiger partial charge in [-0.3, -0.25) is 10.1 Å². The molecule has 4 nitrogen and oxygen atoms in total. The topological polar surface area (TPSA) is 55.8 Å². The highest BCUT2D eigenvalue weighted by Crippen LogP contribution is 2.12. The molecule has 1 N–H and O–H groups in total. The van der Waals surface area contributed by atoms with E-state index in [0.717, 1.165) is 38.5 Å². The van der Waals surface area contributed by atoms with Gasteiger partial charge >= 0.3 is 5.97 Å². The molecule has 1 unspecified atom stereocenters. The SMILES string of the molecule is CCCCCCCC/C=C\C(CCCCCCC(=O)OC)OO. The van der Waals surface area contributed by atoms with E-state index in [1.165, 1.54) is 45.6 Å². The van der Waals surface area contributed by atoms with Crippen LogP contribution in [-0.4, -0.2) is 24.4 Å². The summed E-state index contributed by atoms with van der Waals surface area (Å²) in [7, 11) is 1.42. The summed E-state index contributed by atoms with van der Waals surface area (Å²) in [6.45, 7) is 2.23. The molecule has 0 saturated carbocycles. The van der Waals surface area contributed by atoms with Gasteiger partial charge < -0.3 is 4.74 Å². The van der Waals surface area contributed by atoms with Gasteiger partial charge in [0, 0.05) is 6.42 Å². The number of hydrogen-bond acceptors (Lipinski definition) is 4. The third kappa shape index (κ3) is 15.8. The molecular formula is C19H36O4. The van der Waals surface area contributed by atoms with Crippen LogP contribution in [-0.2, 0) is 14.4 Å². The van der Waals surface area contributed by atoms with E-state index < -0.39 is 0 Å². The van der Waals surface area contributed by atoms with Crippen molar-refractivity contribution in [3.8, 4) is 0 Å². The van der Waals surface area contributed by atoms with Gasteiger partial charge in [0.15, 0.2) is 0 Å². The molecule has 0 aliphatic rings. The molecule has 0 heterocycles. The first-order valence-corrected chi connectivity index (χ1v) is 9.28. The van der Waals surface area contributed by atoms with Crippen LogP contribution in [0.1, 0.15) is 90.4 Å². The second kappa shape index (κ2) is 17.5. The lowest BCUT2D eigenvalue weighted by atomic mass is 10.1. The van der Waals surface area contributed by atoms with Crippen LogP contribution in [0.25, 0.3) is 0 Å². The molecule has 0 aromatic rings. The van der Waals surface area contributed by atoms with E-state index in [0.29, 0.717) is 6.42 Å². The van der Waals surface area contributed by atoms with Crippen molar-refractivity contribution in [3.63, 3.8) is 0 Å². The molecule has 1 atom stereocenters. The molecule has 0 spiro atoms. The van der Waals surface area contributed by atoms with Gasteiger partial charge in [-0.05, 0) is 25.7 Å². The molecule has 0 saturated heterocycles. The quantitative estimate of drug-likeness (QED) is 0.130. The van der Waals surface area contributed by atoms with Gasteiger partial charge in [-0.15, -0.1) is 0 Å². The van der Waals surface area contributed by atoms with Crippen LogP contribution in [0, 0.1) is 0 Å². The van der Waals surface area contributed by atoms with Crippen LogP contribution < -0.4 is 0 Å². The third-order valence-electron chi connectivity index (χ3n) is 4.06. The van der Waals surface area contributed by atoms with Crippen molar-refractivity contribution in [2.75, 3.05) is 7.11 Å². The summed E-state index contributed by atoms with van der Waals surface area (Å²) in [5, 5.41) is 8.92. The summed E-state index contributed by atoms with van der Waals surface area (Å²) in [6, 6.07) is 0. The first kappa shape index (κ1) is 22.1. The zero-order chi connectivity index (χ0) is 17.2. The summed E-state index contributed by atoms with van der Waals surface area (Å²) >= 11 is 0. The summed E-state index contributed by atoms with van der Waals surface area (Å²) in [5.74, 6) is -0.140. The number of allylic oxidation sites excluding steroid dienone is 1. The molecule has 0 bridgehead atoms. The fourth-order valence-electron chi connectivity index (χ4n) is 2.55. The van der Waals surface area contributed by atoms with Crippen LogP contribution in [0.2, 0.25) is 0 Å². The van der Waals surface area contributed by atoms with Gasteiger partial charge in [0.2, 0.25) is 0 Å². The largest absolute Gasteiger partial charge is 0.469 e. The minimum Gasteiger partial charge on any atom is -0.469 e. The standard InChI is InChI=1S/C19H36O4/c1-3-4-5-6-7-8-9-12-15-18(23-21)16-13-10-11-14-17-19(20)22-2/h12,15,18,21H,3-11,13-14,16-17H2,1-2H3/b15-12-. The molecule has 136 valence electrons. The second-order valence-electron chi connectivity index (χ2n) is 6.16. The lowest BCUT2D eigenvalue weighted by molar-refractivity contribution is -0.267. The van der Waals surface area contributed by atoms with Crippen molar-refractivity contribution in [1.82, 2.24) is 0 Å². The number of rotatable bonds is 16. The first-order valence-electron chi connectivity index (χ1n) is 9.28. The van der Waals surface area contributed by atoms with Crippen molar-refractivity contribution >= 4 is 5.97 Å². The predicted molar refractivity (Wildman–Crippen MR) is 94.4 cm³/mol. The molecule has 0 radical (unpaired) electrons. The summed E-state index contributed by atoms with van der Waals surface area (Å²) in [6.07, 6.45) is 18.0. The Hall–Kier alpha value is -0.870. The number of carbonyl (C=O) groups excluding carboxylic acids is 1. The van der Waals surface area contributed by atoms with Crippen molar-refractivity contribution in [2.24, 2.45) is 0 Å². The normalized spacial score (nSPS) is 12.7. The van der Waals surface area contributed by atoms with Gasteiger partial charge in [-0.25, -0.2) is 4.89 Å². The summed E-state index contributed by atoms with van der Waals surface area (Å²) in [5.41, 5.74) is 0. The number of carbonyl (C=O) groups is 1. The Labute approximate surface area is 142 Å². The molecule has 0 amide bonds. The van der Waals surface area contributed by atoms with Gasteiger partial charge in [-0.1, -0.05) is 70.4 Å². The lowest BCUT2D eigenvalue weighted by Crippen LogP contribution is -2.07. The molecule has 23 heavy (non-hydrogen) atoms. The van der Waals surface area contributed by atoms with Crippen molar-refractivity contribution in [1.29, 1.82) is 0 Å². The van der Waals surface area contributed by atoms with E-state index in [1.54, 1.807) is 0 Å². The molecule has 0 rings (SSSR count). The maximum atomic E-state index is 11.0. The molecule has 0 fully saturated rings. The van der Waals surface area contributed by atoms with Crippen LogP contribution in [0.4, 0.5) is 0 Å². The summed E-state index contributed by atoms with van der Waals surface area (Å²) in [4.78, 5) is 15.5. The van der Waals surface area contributed by atoms with E-state index in [1.807, 2.05) is 6.08 Å². The Bertz CT molecular complexity index is 289. The van der Waals surface area contributed by atoms with E-state index in [-0.39, 0.29) is 12.1 Å². The molecule has 0 aromatic carbocycles. The van der Waals surface area contributed by atoms with E-state index in [2.05, 4.69) is 22.6 Å². The Balaban J connectivity index is 3.50. The molecule has 0 aromatic heterocycles. The molecule has 0 aliphatic heterocycles. The fourth-order valence-corrected chi connectivity index (χ4v) is 2.55. The maximum Gasteiger partial charge on any atom is 0.305 e. The smallest absolute Gasteiger partial charge is 0.305 e. The van der Waals surface area contributed by atoms with E-state index in [9.17, 15) is 4.79 Å². The average molecular weight is 328 g/mol. The van der Waals surface area contributed by atoms with Crippen LogP contribution in [0.3, 0.4) is 0 Å². The summed E-state index contributed by atoms with van der Waals surface area (Å²) < 4.78 is 4.60. The third-order valence-corrected chi connectivity index (χ3v) is 4.06. The molecule has 0 aliphatic carbocycles. The number of hydrogen-bond donors (Lipinski definition) is 1. The van der Waals surface area contributed by atoms with Crippen molar-refractivity contribution in [2.45, 2.75) is 96.5 Å². The molecule has 4 heteroatoms. The number of unbranched alkanes of at least 4 members (excludes halogenated alkanes) is 9. The Morgan fingerprint density at radius 1 is 1.00 bits per heavy atom. The number of esters is 1. The van der Waals surface area contributed by atoms with Crippen molar-refractivity contribution < 1.29 is 19.7 Å². The van der Waals surface area contributed by atoms with Crippen LogP contribution in [0.15, 0.2) is 12.2 Å². The Kier molecular flexibility index (Phi) is 16.8. The second-order valence-corrected chi connectivity index (χ2v) is 6.16. The average Bonchev–Trinajstić information content (AvgIpc) is 2.57. The highest BCUT2D eigenvalue weighted by molar-refractivity contribution is 5.68. The minimum atomic E-state index is -0.198. The van der Waals surface area contributed by atoms with E-state index >= 15 is 0 Å². The molecular weight excluding hydrogens is 292 g/mol.